The van der Waals surface area contributed by atoms with Gasteiger partial charge in [0, 0.05) is 54.6 Å². The zero-order valence-electron chi connectivity index (χ0n) is 21.2. The molecule has 6 nitrogen and oxygen atoms in total. The molecule has 5 aromatic rings. The average Bonchev–Trinajstić information content (AvgIpc) is 3.37. The van der Waals surface area contributed by atoms with E-state index in [4.69, 9.17) is 16.6 Å². The summed E-state index contributed by atoms with van der Waals surface area (Å²) in [5.74, 6) is 0.760. The summed E-state index contributed by atoms with van der Waals surface area (Å²) >= 11 is 6.14. The number of carbonyl (C=O) groups excluding carboxylic acids is 1. The lowest BCUT2D eigenvalue weighted by atomic mass is 10.1. The minimum atomic E-state index is -0.0434. The van der Waals surface area contributed by atoms with Crippen molar-refractivity contribution in [3.63, 3.8) is 0 Å². The molecule has 0 radical (unpaired) electrons. The van der Waals surface area contributed by atoms with Crippen LogP contribution in [0.25, 0.3) is 33.2 Å². The largest absolute Gasteiger partial charge is 0.369 e. The molecule has 0 unspecified atom stereocenters. The number of H-pyrrole nitrogens is 1. The Kier molecular flexibility index (Phi) is 6.99. The third-order valence-corrected chi connectivity index (χ3v) is 7.49. The zero-order chi connectivity index (χ0) is 25.9. The number of hydrogen-bond acceptors (Lipinski definition) is 4. The highest BCUT2D eigenvalue weighted by atomic mass is 35.5. The van der Waals surface area contributed by atoms with E-state index in [-0.39, 0.29) is 5.91 Å². The molecule has 0 bridgehead atoms. The molecule has 0 atom stereocenters. The molecule has 2 heterocycles. The smallest absolute Gasteiger partial charge is 0.251 e. The Morgan fingerprint density at radius 2 is 1.66 bits per heavy atom. The summed E-state index contributed by atoms with van der Waals surface area (Å²) in [6.45, 7) is 5.64. The van der Waals surface area contributed by atoms with Crippen LogP contribution in [0, 0.1) is 0 Å². The lowest BCUT2D eigenvalue weighted by molar-refractivity contribution is 0.0951. The number of nitrogens with one attached hydrogen (secondary N) is 2. The molecule has 0 spiro atoms. The minimum absolute atomic E-state index is 0.0434. The second kappa shape index (κ2) is 10.9. The van der Waals surface area contributed by atoms with Gasteiger partial charge in [0.1, 0.15) is 5.82 Å². The van der Waals surface area contributed by atoms with E-state index in [2.05, 4.69) is 50.4 Å². The van der Waals surface area contributed by atoms with Crippen molar-refractivity contribution >= 4 is 45.0 Å². The van der Waals surface area contributed by atoms with Crippen LogP contribution in [0.5, 0.6) is 0 Å². The fourth-order valence-electron chi connectivity index (χ4n) is 5.12. The fourth-order valence-corrected chi connectivity index (χ4v) is 5.31. The second-order valence-electron chi connectivity index (χ2n) is 9.80. The van der Waals surface area contributed by atoms with Crippen LogP contribution in [0.15, 0.2) is 84.9 Å². The van der Waals surface area contributed by atoms with E-state index in [1.54, 1.807) is 0 Å². The standard InChI is InChI=1S/C31H30ClN5O/c32-26-7-3-8-27(21-26)37-17-15-36(16-18-37)14-4-13-33-31(38)23-11-9-22(10-12-23)30-34-28-19-24-5-1-2-6-25(24)20-29(28)35-30/h1-3,5-12,19-21H,4,13-18H2,(H,33,38)(H,34,35). The fraction of sp³-hybridized carbons (Fsp3) is 0.226. The van der Waals surface area contributed by atoms with Gasteiger partial charge in [-0.15, -0.1) is 0 Å². The summed E-state index contributed by atoms with van der Waals surface area (Å²) in [6.07, 6.45) is 0.925. The highest BCUT2D eigenvalue weighted by Gasteiger charge is 2.17. The molecular weight excluding hydrogens is 494 g/mol. The Bertz CT molecular complexity index is 1520. The van der Waals surface area contributed by atoms with Gasteiger partial charge in [0.25, 0.3) is 5.91 Å². The molecule has 1 aliphatic rings. The number of piperazine rings is 1. The van der Waals surface area contributed by atoms with Crippen LogP contribution >= 0.6 is 11.6 Å². The summed E-state index contributed by atoms with van der Waals surface area (Å²) < 4.78 is 0. The van der Waals surface area contributed by atoms with Crippen LogP contribution in [0.2, 0.25) is 5.02 Å². The Balaban J connectivity index is 0.983. The molecule has 192 valence electrons. The predicted molar refractivity (Wildman–Crippen MR) is 156 cm³/mol. The van der Waals surface area contributed by atoms with E-state index in [9.17, 15) is 4.79 Å². The van der Waals surface area contributed by atoms with Crippen molar-refractivity contribution in [2.45, 2.75) is 6.42 Å². The van der Waals surface area contributed by atoms with Crippen LogP contribution in [-0.4, -0.2) is 60.0 Å². The molecule has 0 aliphatic carbocycles. The van der Waals surface area contributed by atoms with Crippen LogP contribution in [0.4, 0.5) is 5.69 Å². The number of amides is 1. The predicted octanol–water partition coefficient (Wildman–Crippen LogP) is 5.98. The van der Waals surface area contributed by atoms with Gasteiger partial charge in [0.05, 0.1) is 11.0 Å². The van der Waals surface area contributed by atoms with Gasteiger partial charge in [-0.25, -0.2) is 4.98 Å². The van der Waals surface area contributed by atoms with E-state index < -0.39 is 0 Å². The number of hydrogen-bond donors (Lipinski definition) is 2. The molecule has 6 rings (SSSR count). The molecule has 7 heteroatoms. The van der Waals surface area contributed by atoms with Crippen molar-refractivity contribution < 1.29 is 4.79 Å². The van der Waals surface area contributed by atoms with Gasteiger partial charge < -0.3 is 15.2 Å². The lowest BCUT2D eigenvalue weighted by Crippen LogP contribution is -2.47. The molecule has 1 aromatic heterocycles. The number of benzene rings is 4. The van der Waals surface area contributed by atoms with Crippen molar-refractivity contribution in [2.24, 2.45) is 0 Å². The quantitative estimate of drug-likeness (QED) is 0.258. The molecule has 2 N–H and O–H groups in total. The Hall–Kier alpha value is -3.87. The number of aromatic nitrogens is 2. The number of carbonyl (C=O) groups is 1. The van der Waals surface area contributed by atoms with Gasteiger partial charge in [-0.2, -0.15) is 0 Å². The maximum absolute atomic E-state index is 12.7. The van der Waals surface area contributed by atoms with E-state index in [1.807, 2.05) is 54.6 Å². The van der Waals surface area contributed by atoms with Gasteiger partial charge in [-0.3, -0.25) is 9.69 Å². The lowest BCUT2D eigenvalue weighted by Gasteiger charge is -2.36. The summed E-state index contributed by atoms with van der Waals surface area (Å²) in [7, 11) is 0. The normalized spacial score (nSPS) is 14.3. The highest BCUT2D eigenvalue weighted by molar-refractivity contribution is 6.30. The van der Waals surface area contributed by atoms with Crippen LogP contribution in [0.3, 0.4) is 0 Å². The first-order chi connectivity index (χ1) is 18.6. The Morgan fingerprint density at radius 3 is 2.42 bits per heavy atom. The average molecular weight is 524 g/mol. The molecule has 1 amide bonds. The van der Waals surface area contributed by atoms with Crippen molar-refractivity contribution in [3.05, 3.63) is 95.5 Å². The molecular formula is C31H30ClN5O. The van der Waals surface area contributed by atoms with Crippen molar-refractivity contribution in [3.8, 4) is 11.4 Å². The SMILES string of the molecule is O=C(NCCCN1CCN(c2cccc(Cl)c2)CC1)c1ccc(-c2nc3cc4ccccc4cc3[nH]2)cc1. The van der Waals surface area contributed by atoms with Gasteiger partial charge in [-0.05, 0) is 66.2 Å². The Labute approximate surface area is 227 Å². The molecule has 1 fully saturated rings. The summed E-state index contributed by atoms with van der Waals surface area (Å²) in [5, 5.41) is 6.19. The van der Waals surface area contributed by atoms with E-state index >= 15 is 0 Å². The van der Waals surface area contributed by atoms with Crippen molar-refractivity contribution in [2.75, 3.05) is 44.2 Å². The second-order valence-corrected chi connectivity index (χ2v) is 10.2. The minimum Gasteiger partial charge on any atom is -0.369 e. The van der Waals surface area contributed by atoms with Gasteiger partial charge >= 0.3 is 0 Å². The number of fused-ring (bicyclic) bond motifs is 2. The summed E-state index contributed by atoms with van der Waals surface area (Å²) in [4.78, 5) is 25.7. The van der Waals surface area contributed by atoms with E-state index in [1.165, 1.54) is 16.5 Å². The van der Waals surface area contributed by atoms with Crippen molar-refractivity contribution in [1.82, 2.24) is 20.2 Å². The first-order valence-electron chi connectivity index (χ1n) is 13.1. The summed E-state index contributed by atoms with van der Waals surface area (Å²) in [5.41, 5.74) is 4.74. The zero-order valence-corrected chi connectivity index (χ0v) is 21.9. The van der Waals surface area contributed by atoms with Crippen LogP contribution in [-0.2, 0) is 0 Å². The molecule has 1 saturated heterocycles. The number of nitrogens with zero attached hydrogens (tertiary/aromatic N) is 3. The van der Waals surface area contributed by atoms with Crippen LogP contribution in [0.1, 0.15) is 16.8 Å². The number of halogens is 1. The first-order valence-corrected chi connectivity index (χ1v) is 13.5. The first kappa shape index (κ1) is 24.5. The third-order valence-electron chi connectivity index (χ3n) is 7.25. The van der Waals surface area contributed by atoms with E-state index in [0.29, 0.717) is 12.1 Å². The molecule has 4 aromatic carbocycles. The van der Waals surface area contributed by atoms with Crippen LogP contribution < -0.4 is 10.2 Å². The number of imidazole rings is 1. The molecule has 0 saturated carbocycles. The van der Waals surface area contributed by atoms with Gasteiger partial charge in [0.2, 0.25) is 0 Å². The molecule has 1 aliphatic heterocycles. The highest BCUT2D eigenvalue weighted by Crippen LogP contribution is 2.25. The number of anilines is 1. The maximum Gasteiger partial charge on any atom is 0.251 e. The van der Waals surface area contributed by atoms with Gasteiger partial charge in [-0.1, -0.05) is 54.1 Å². The number of rotatable bonds is 7. The maximum atomic E-state index is 12.7. The van der Waals surface area contributed by atoms with Crippen molar-refractivity contribution in [1.29, 1.82) is 0 Å². The monoisotopic (exact) mass is 523 g/mol. The van der Waals surface area contributed by atoms with E-state index in [0.717, 1.165) is 66.6 Å². The molecule has 38 heavy (non-hydrogen) atoms. The van der Waals surface area contributed by atoms with Gasteiger partial charge in [0.15, 0.2) is 0 Å². The number of aromatic amines is 1. The Morgan fingerprint density at radius 1 is 0.895 bits per heavy atom. The third kappa shape index (κ3) is 5.37. The topological polar surface area (TPSA) is 64.3 Å². The summed E-state index contributed by atoms with van der Waals surface area (Å²) in [6, 6.07) is 28.2.